The zero-order chi connectivity index (χ0) is 24.9. The fraction of sp³-hybridized carbons (Fsp3) is 0.0741. The fourth-order valence-corrected chi connectivity index (χ4v) is 3.74. The first-order valence-electron chi connectivity index (χ1n) is 10.7. The first-order valence-corrected chi connectivity index (χ1v) is 11.1. The van der Waals surface area contributed by atoms with Gasteiger partial charge < -0.3 is 14.7 Å². The lowest BCUT2D eigenvalue weighted by Crippen LogP contribution is -2.54. The van der Waals surface area contributed by atoms with Gasteiger partial charge in [-0.1, -0.05) is 30.3 Å². The lowest BCUT2D eigenvalue weighted by atomic mass is 10.0. The van der Waals surface area contributed by atoms with Gasteiger partial charge in [0.05, 0.1) is 5.69 Å². The summed E-state index contributed by atoms with van der Waals surface area (Å²) in [4.78, 5) is 29.2. The quantitative estimate of drug-likeness (QED) is 0.305. The van der Waals surface area contributed by atoms with E-state index in [9.17, 15) is 14.7 Å². The van der Waals surface area contributed by atoms with E-state index in [1.54, 1.807) is 59.6 Å². The number of carbonyl (C=O) groups excluding carboxylic acids is 2. The summed E-state index contributed by atoms with van der Waals surface area (Å²) in [7, 11) is 3.67. The van der Waals surface area contributed by atoms with Crippen LogP contribution in [0.2, 0.25) is 0 Å². The molecular formula is C27H23N3O4S. The van der Waals surface area contributed by atoms with Crippen LogP contribution in [0, 0.1) is 0 Å². The molecule has 4 rings (SSSR count). The molecule has 0 aromatic heterocycles. The number of para-hydroxylation sites is 1. The van der Waals surface area contributed by atoms with Gasteiger partial charge in [-0.3, -0.25) is 19.8 Å². The minimum absolute atomic E-state index is 0.00310. The lowest BCUT2D eigenvalue weighted by molar-refractivity contribution is -0.122. The molecule has 176 valence electrons. The summed E-state index contributed by atoms with van der Waals surface area (Å²) in [5.41, 5.74) is 1.78. The number of nitrogens with zero attached hydrogens (tertiary/aromatic N) is 2. The highest BCUT2D eigenvalue weighted by Crippen LogP contribution is 2.28. The molecule has 0 unspecified atom stereocenters. The lowest BCUT2D eigenvalue weighted by Gasteiger charge is -2.29. The van der Waals surface area contributed by atoms with Gasteiger partial charge in [0.1, 0.15) is 22.8 Å². The van der Waals surface area contributed by atoms with E-state index in [-0.39, 0.29) is 16.4 Å². The van der Waals surface area contributed by atoms with Gasteiger partial charge in [0.2, 0.25) is 0 Å². The maximum atomic E-state index is 13.4. The summed E-state index contributed by atoms with van der Waals surface area (Å²) in [6, 6.07) is 22.7. The van der Waals surface area contributed by atoms with Gasteiger partial charge in [-0.2, -0.15) is 0 Å². The maximum Gasteiger partial charge on any atom is 0.270 e. The molecule has 1 aliphatic rings. The Balaban J connectivity index is 1.64. The van der Waals surface area contributed by atoms with Crippen LogP contribution in [-0.2, 0) is 9.59 Å². The maximum absolute atomic E-state index is 13.4. The van der Waals surface area contributed by atoms with E-state index in [1.807, 2.05) is 44.4 Å². The molecule has 3 aromatic carbocycles. The number of hydrogen-bond acceptors (Lipinski definition) is 6. The standard InChI is InChI=1S/C27H23N3O4S/c1-29(2)17-19(18-8-12-21(31)13-9-18)16-24-25(32)28-27(35)30(26(24)33)20-10-14-23(15-11-20)34-22-6-4-3-5-7-22/h3-17,31H,1-2H3,(H,28,32,35). The summed E-state index contributed by atoms with van der Waals surface area (Å²) in [6.07, 6.45) is 3.30. The minimum atomic E-state index is -0.580. The van der Waals surface area contributed by atoms with Crippen LogP contribution in [0.4, 0.5) is 5.69 Å². The molecule has 0 spiro atoms. The van der Waals surface area contributed by atoms with E-state index >= 15 is 0 Å². The second kappa shape index (κ2) is 10.2. The third kappa shape index (κ3) is 5.56. The van der Waals surface area contributed by atoms with Crippen LogP contribution in [0.15, 0.2) is 96.7 Å². The molecule has 8 heteroatoms. The third-order valence-corrected chi connectivity index (χ3v) is 5.36. The first-order chi connectivity index (χ1) is 16.8. The van der Waals surface area contributed by atoms with Gasteiger partial charge in [-0.15, -0.1) is 0 Å². The molecule has 1 aliphatic heterocycles. The molecule has 35 heavy (non-hydrogen) atoms. The van der Waals surface area contributed by atoms with Crippen molar-refractivity contribution in [3.63, 3.8) is 0 Å². The molecule has 3 aromatic rings. The number of phenols is 1. The minimum Gasteiger partial charge on any atom is -0.508 e. The summed E-state index contributed by atoms with van der Waals surface area (Å²) < 4.78 is 5.81. The molecule has 2 N–H and O–H groups in total. The first kappa shape index (κ1) is 23.7. The molecule has 0 bridgehead atoms. The summed E-state index contributed by atoms with van der Waals surface area (Å²) in [5, 5.41) is 12.2. The average molecular weight is 486 g/mol. The Hall–Kier alpha value is -4.43. The molecule has 2 amide bonds. The highest BCUT2D eigenvalue weighted by molar-refractivity contribution is 7.80. The van der Waals surface area contributed by atoms with Crippen LogP contribution in [0.25, 0.3) is 5.57 Å². The summed E-state index contributed by atoms with van der Waals surface area (Å²) in [5.74, 6) is 0.284. The highest BCUT2D eigenvalue weighted by atomic mass is 32.1. The smallest absolute Gasteiger partial charge is 0.270 e. The Labute approximate surface area is 208 Å². The predicted octanol–water partition coefficient (Wildman–Crippen LogP) is 4.46. The molecule has 1 heterocycles. The van der Waals surface area contributed by atoms with E-state index in [0.29, 0.717) is 22.8 Å². The van der Waals surface area contributed by atoms with E-state index in [0.717, 1.165) is 5.56 Å². The molecule has 7 nitrogen and oxygen atoms in total. The number of rotatable bonds is 6. The normalized spacial score (nSPS) is 15.3. The van der Waals surface area contributed by atoms with Crippen LogP contribution < -0.4 is 15.0 Å². The predicted molar refractivity (Wildman–Crippen MR) is 139 cm³/mol. The summed E-state index contributed by atoms with van der Waals surface area (Å²) in [6.45, 7) is 0. The van der Waals surface area contributed by atoms with Crippen molar-refractivity contribution in [3.8, 4) is 17.2 Å². The van der Waals surface area contributed by atoms with Gasteiger partial charge >= 0.3 is 0 Å². The van der Waals surface area contributed by atoms with Crippen LogP contribution in [0.1, 0.15) is 5.56 Å². The monoisotopic (exact) mass is 485 g/mol. The Morgan fingerprint density at radius 2 is 1.57 bits per heavy atom. The van der Waals surface area contributed by atoms with Crippen molar-refractivity contribution in [2.45, 2.75) is 0 Å². The molecule has 0 saturated carbocycles. The molecule has 1 saturated heterocycles. The number of anilines is 1. The Bertz CT molecular complexity index is 1310. The SMILES string of the molecule is CN(C)C=C(C=C1C(=O)NC(=S)N(c2ccc(Oc3ccccc3)cc2)C1=O)c1ccc(O)cc1. The number of amides is 2. The molecule has 0 atom stereocenters. The van der Waals surface area contributed by atoms with Crippen molar-refractivity contribution in [2.75, 3.05) is 19.0 Å². The number of ether oxygens (including phenoxy) is 1. The number of benzene rings is 3. The highest BCUT2D eigenvalue weighted by Gasteiger charge is 2.34. The number of phenolic OH excluding ortho intramolecular Hbond substituents is 1. The Morgan fingerprint density at radius 1 is 0.943 bits per heavy atom. The van der Waals surface area contributed by atoms with Crippen molar-refractivity contribution in [1.82, 2.24) is 10.2 Å². The van der Waals surface area contributed by atoms with Crippen LogP contribution in [0.5, 0.6) is 17.2 Å². The van der Waals surface area contributed by atoms with Gasteiger partial charge in [0, 0.05) is 20.3 Å². The molecular weight excluding hydrogens is 462 g/mol. The van der Waals surface area contributed by atoms with Crippen molar-refractivity contribution in [2.24, 2.45) is 0 Å². The van der Waals surface area contributed by atoms with Crippen molar-refractivity contribution in [1.29, 1.82) is 0 Å². The van der Waals surface area contributed by atoms with E-state index in [4.69, 9.17) is 17.0 Å². The van der Waals surface area contributed by atoms with Gasteiger partial charge in [-0.25, -0.2) is 0 Å². The molecule has 0 radical (unpaired) electrons. The van der Waals surface area contributed by atoms with Crippen LogP contribution in [0.3, 0.4) is 0 Å². The second-order valence-electron chi connectivity index (χ2n) is 7.96. The van der Waals surface area contributed by atoms with Gasteiger partial charge in [-0.05, 0) is 78.0 Å². The van der Waals surface area contributed by atoms with Gasteiger partial charge in [0.15, 0.2) is 5.11 Å². The van der Waals surface area contributed by atoms with Crippen LogP contribution in [-0.4, -0.2) is 41.0 Å². The number of nitrogens with one attached hydrogen (secondary N) is 1. The average Bonchev–Trinajstić information content (AvgIpc) is 2.83. The topological polar surface area (TPSA) is 82.1 Å². The van der Waals surface area contributed by atoms with Crippen molar-refractivity contribution >= 4 is 40.4 Å². The number of allylic oxidation sites excluding steroid dienone is 2. The van der Waals surface area contributed by atoms with Crippen molar-refractivity contribution in [3.05, 3.63) is 102 Å². The summed E-state index contributed by atoms with van der Waals surface area (Å²) >= 11 is 5.31. The third-order valence-electron chi connectivity index (χ3n) is 5.07. The Kier molecular flexibility index (Phi) is 6.93. The van der Waals surface area contributed by atoms with E-state index in [1.165, 1.54) is 11.0 Å². The van der Waals surface area contributed by atoms with Crippen LogP contribution >= 0.6 is 12.2 Å². The molecule has 1 fully saturated rings. The largest absolute Gasteiger partial charge is 0.508 e. The number of thiocarbonyl (C=S) groups is 1. The fourth-order valence-electron chi connectivity index (χ4n) is 3.46. The Morgan fingerprint density at radius 3 is 2.20 bits per heavy atom. The second-order valence-corrected chi connectivity index (χ2v) is 8.35. The number of aromatic hydroxyl groups is 1. The van der Waals surface area contributed by atoms with E-state index < -0.39 is 11.8 Å². The van der Waals surface area contributed by atoms with E-state index in [2.05, 4.69) is 5.32 Å². The zero-order valence-electron chi connectivity index (χ0n) is 19.1. The number of carbonyl (C=O) groups is 2. The zero-order valence-corrected chi connectivity index (χ0v) is 20.0. The van der Waals surface area contributed by atoms with Crippen molar-refractivity contribution < 1.29 is 19.4 Å². The number of hydrogen-bond donors (Lipinski definition) is 2. The van der Waals surface area contributed by atoms with Gasteiger partial charge in [0.25, 0.3) is 11.8 Å². The molecule has 0 aliphatic carbocycles.